The minimum absolute atomic E-state index is 0.277. The van der Waals surface area contributed by atoms with Gasteiger partial charge in [0.2, 0.25) is 0 Å². The zero-order valence-corrected chi connectivity index (χ0v) is 19.6. The van der Waals surface area contributed by atoms with Crippen molar-refractivity contribution >= 4 is 33.5 Å². The number of hydrogen-bond acceptors (Lipinski definition) is 2. The molecule has 0 saturated carbocycles. The zero-order chi connectivity index (χ0) is 22.0. The molecule has 0 N–H and O–H groups in total. The Bertz CT molecular complexity index is 1250. The van der Waals surface area contributed by atoms with Gasteiger partial charge in [0.25, 0.3) is 0 Å². The van der Waals surface area contributed by atoms with E-state index in [0.717, 1.165) is 37.2 Å². The van der Waals surface area contributed by atoms with E-state index < -0.39 is 5.41 Å². The first kappa shape index (κ1) is 21.4. The van der Waals surface area contributed by atoms with Crippen LogP contribution >= 0.6 is 22.6 Å². The highest BCUT2D eigenvalue weighted by molar-refractivity contribution is 14.1. The minimum Gasteiger partial charge on any atom is -0.488 e. The van der Waals surface area contributed by atoms with Crippen LogP contribution in [0, 0.1) is 26.1 Å². The van der Waals surface area contributed by atoms with Crippen molar-refractivity contribution in [3.05, 3.63) is 93.4 Å². The Morgan fingerprint density at radius 1 is 1.00 bits per heavy atom. The monoisotopic (exact) mass is 524 g/mol. The molecule has 4 rings (SSSR count). The maximum absolute atomic E-state index is 13.6. The van der Waals surface area contributed by atoms with Crippen LogP contribution in [0.5, 0.6) is 5.75 Å². The average Bonchev–Trinajstić information content (AvgIpc) is 3.05. The molecule has 0 radical (unpaired) electrons. The molecule has 5 heteroatoms. The van der Waals surface area contributed by atoms with Crippen molar-refractivity contribution in [3.8, 4) is 17.5 Å². The van der Waals surface area contributed by atoms with Gasteiger partial charge in [-0.05, 0) is 78.4 Å². The van der Waals surface area contributed by atoms with Gasteiger partial charge in [-0.1, -0.05) is 36.4 Å². The lowest BCUT2D eigenvalue weighted by atomic mass is 9.89. The summed E-state index contributed by atoms with van der Waals surface area (Å²) in [5.41, 5.74) is 3.41. The Balaban J connectivity index is 1.87. The molecule has 0 spiro atoms. The molecule has 1 aromatic heterocycles. The predicted molar refractivity (Wildman–Crippen MR) is 130 cm³/mol. The third kappa shape index (κ3) is 4.45. The molecule has 3 aromatic carbocycles. The number of aromatic nitrogens is 1. The van der Waals surface area contributed by atoms with E-state index in [1.165, 1.54) is 12.1 Å². The van der Waals surface area contributed by atoms with Crippen LogP contribution < -0.4 is 4.74 Å². The van der Waals surface area contributed by atoms with Crippen LogP contribution in [-0.4, -0.2) is 4.57 Å². The minimum atomic E-state index is -0.545. The van der Waals surface area contributed by atoms with Crippen LogP contribution in [0.3, 0.4) is 0 Å². The number of hydrogen-bond donors (Lipinski definition) is 0. The van der Waals surface area contributed by atoms with Gasteiger partial charge in [0.1, 0.15) is 18.2 Å². The molecular weight excluding hydrogens is 502 g/mol. The lowest BCUT2D eigenvalue weighted by Gasteiger charge is -2.18. The smallest absolute Gasteiger partial charge is 0.130 e. The summed E-state index contributed by atoms with van der Waals surface area (Å²) in [7, 11) is 0. The van der Waals surface area contributed by atoms with Crippen LogP contribution in [0.2, 0.25) is 0 Å². The second-order valence-corrected chi connectivity index (χ2v) is 9.25. The van der Waals surface area contributed by atoms with Gasteiger partial charge < -0.3 is 9.30 Å². The van der Waals surface area contributed by atoms with Crippen molar-refractivity contribution in [1.29, 1.82) is 5.26 Å². The standard InChI is InChI=1S/C26H22FIN2O/c1-26(2,17-29)15-22-25(28)24-21(30(22)20-13-11-19(27)12-14-20)9-6-10-23(24)31-16-18-7-4-3-5-8-18/h3-14H,15-16H2,1-2H3. The Kier molecular flexibility index (Phi) is 6.01. The van der Waals surface area contributed by atoms with Crippen molar-refractivity contribution in [2.75, 3.05) is 0 Å². The van der Waals surface area contributed by atoms with Gasteiger partial charge in [-0.2, -0.15) is 5.26 Å². The number of nitriles is 1. The van der Waals surface area contributed by atoms with Gasteiger partial charge in [-0.3, -0.25) is 0 Å². The highest BCUT2D eigenvalue weighted by Crippen LogP contribution is 2.39. The molecule has 156 valence electrons. The normalized spacial score (nSPS) is 11.5. The Labute approximate surface area is 195 Å². The fraction of sp³-hybridized carbons (Fsp3) is 0.192. The second-order valence-electron chi connectivity index (χ2n) is 8.17. The van der Waals surface area contributed by atoms with Gasteiger partial charge in [0.15, 0.2) is 0 Å². The fourth-order valence-electron chi connectivity index (χ4n) is 3.67. The predicted octanol–water partition coefficient (Wildman–Crippen LogP) is 7.05. The first-order valence-electron chi connectivity index (χ1n) is 10.1. The van der Waals surface area contributed by atoms with E-state index in [4.69, 9.17) is 4.74 Å². The summed E-state index contributed by atoms with van der Waals surface area (Å²) in [6.45, 7) is 4.34. The molecule has 0 unspecified atom stereocenters. The summed E-state index contributed by atoms with van der Waals surface area (Å²) >= 11 is 2.35. The van der Waals surface area contributed by atoms with E-state index in [1.807, 2.05) is 62.4 Å². The number of benzene rings is 3. The first-order valence-corrected chi connectivity index (χ1v) is 11.1. The molecule has 0 aliphatic carbocycles. The van der Waals surface area contributed by atoms with Gasteiger partial charge in [0.05, 0.1) is 22.4 Å². The van der Waals surface area contributed by atoms with Crippen LogP contribution in [0.25, 0.3) is 16.6 Å². The largest absolute Gasteiger partial charge is 0.488 e. The highest BCUT2D eigenvalue weighted by Gasteiger charge is 2.26. The SMILES string of the molecule is CC(C)(C#N)Cc1c(I)c2c(OCc3ccccc3)cccc2n1-c1ccc(F)cc1. The number of fused-ring (bicyclic) bond motifs is 1. The quantitative estimate of drug-likeness (QED) is 0.254. The molecule has 31 heavy (non-hydrogen) atoms. The van der Waals surface area contributed by atoms with Gasteiger partial charge in [-0.15, -0.1) is 0 Å². The first-order chi connectivity index (χ1) is 14.9. The lowest BCUT2D eigenvalue weighted by Crippen LogP contribution is -2.15. The third-order valence-electron chi connectivity index (χ3n) is 5.22. The van der Waals surface area contributed by atoms with Crippen molar-refractivity contribution < 1.29 is 9.13 Å². The Hall–Kier alpha value is -2.85. The number of ether oxygens (including phenoxy) is 1. The topological polar surface area (TPSA) is 37.9 Å². The second kappa shape index (κ2) is 8.72. The summed E-state index contributed by atoms with van der Waals surface area (Å²) in [6.07, 6.45) is 0.561. The van der Waals surface area contributed by atoms with E-state index in [2.05, 4.69) is 33.2 Å². The van der Waals surface area contributed by atoms with E-state index >= 15 is 0 Å². The summed E-state index contributed by atoms with van der Waals surface area (Å²) in [5, 5.41) is 10.7. The summed E-state index contributed by atoms with van der Waals surface area (Å²) in [4.78, 5) is 0. The molecule has 1 heterocycles. The van der Waals surface area contributed by atoms with Crippen molar-refractivity contribution in [1.82, 2.24) is 4.57 Å². The van der Waals surface area contributed by atoms with E-state index in [1.54, 1.807) is 12.1 Å². The van der Waals surface area contributed by atoms with Crippen molar-refractivity contribution in [2.45, 2.75) is 26.9 Å². The molecular formula is C26H22FIN2O. The Morgan fingerprint density at radius 2 is 1.71 bits per heavy atom. The van der Waals surface area contributed by atoms with E-state index in [0.29, 0.717) is 13.0 Å². The Morgan fingerprint density at radius 3 is 2.39 bits per heavy atom. The van der Waals surface area contributed by atoms with Crippen LogP contribution in [0.15, 0.2) is 72.8 Å². The highest BCUT2D eigenvalue weighted by atomic mass is 127. The number of halogens is 2. The molecule has 0 aliphatic heterocycles. The maximum Gasteiger partial charge on any atom is 0.130 e. The van der Waals surface area contributed by atoms with Gasteiger partial charge in [0, 0.05) is 21.4 Å². The molecule has 0 amide bonds. The number of rotatable bonds is 6. The van der Waals surface area contributed by atoms with E-state index in [9.17, 15) is 9.65 Å². The maximum atomic E-state index is 13.6. The lowest BCUT2D eigenvalue weighted by molar-refractivity contribution is 0.310. The van der Waals surface area contributed by atoms with Gasteiger partial charge in [-0.25, -0.2) is 4.39 Å². The number of nitrogens with zero attached hydrogens (tertiary/aromatic N) is 2. The van der Waals surface area contributed by atoms with Crippen LogP contribution in [-0.2, 0) is 13.0 Å². The zero-order valence-electron chi connectivity index (χ0n) is 17.4. The fourth-order valence-corrected chi connectivity index (χ4v) is 4.64. The summed E-state index contributed by atoms with van der Waals surface area (Å²) in [5.74, 6) is 0.517. The van der Waals surface area contributed by atoms with Crippen LogP contribution in [0.1, 0.15) is 25.1 Å². The van der Waals surface area contributed by atoms with E-state index in [-0.39, 0.29) is 5.82 Å². The molecule has 0 saturated heterocycles. The molecule has 0 bridgehead atoms. The molecule has 3 nitrogen and oxygen atoms in total. The summed E-state index contributed by atoms with van der Waals surface area (Å²) in [6, 6.07) is 24.9. The molecule has 0 aliphatic rings. The summed E-state index contributed by atoms with van der Waals surface area (Å²) < 4.78 is 23.0. The molecule has 0 fully saturated rings. The molecule has 4 aromatic rings. The van der Waals surface area contributed by atoms with Gasteiger partial charge >= 0.3 is 0 Å². The van der Waals surface area contributed by atoms with Crippen LogP contribution in [0.4, 0.5) is 4.39 Å². The third-order valence-corrected chi connectivity index (χ3v) is 6.38. The average molecular weight is 524 g/mol. The van der Waals surface area contributed by atoms with Crippen molar-refractivity contribution in [3.63, 3.8) is 0 Å². The van der Waals surface area contributed by atoms with Crippen molar-refractivity contribution in [2.24, 2.45) is 5.41 Å². The molecule has 0 atom stereocenters.